The summed E-state index contributed by atoms with van der Waals surface area (Å²) in [5.74, 6) is 0.894. The topological polar surface area (TPSA) is 98.6 Å². The second-order valence-electron chi connectivity index (χ2n) is 4.03. The summed E-state index contributed by atoms with van der Waals surface area (Å²) < 4.78 is 1.43. The lowest BCUT2D eigenvalue weighted by atomic mass is 10.3. The van der Waals surface area contributed by atoms with Crippen molar-refractivity contribution in [1.29, 1.82) is 0 Å². The van der Waals surface area contributed by atoms with Gasteiger partial charge in [0.2, 0.25) is 11.9 Å². The van der Waals surface area contributed by atoms with Gasteiger partial charge in [0.15, 0.2) is 0 Å². The molecule has 2 aromatic heterocycles. The number of para-hydroxylation sites is 1. The molecule has 0 amide bonds. The van der Waals surface area contributed by atoms with E-state index in [0.717, 1.165) is 5.69 Å². The molecular weight excluding hydrogens is 256 g/mol. The molecule has 2 N–H and O–H groups in total. The molecule has 3 rings (SSSR count). The lowest BCUT2D eigenvalue weighted by Crippen LogP contribution is -2.17. The van der Waals surface area contributed by atoms with E-state index in [4.69, 9.17) is 5.73 Å². The maximum Gasteiger partial charge on any atom is 0.258 e. The van der Waals surface area contributed by atoms with Crippen molar-refractivity contribution in [2.24, 2.45) is 0 Å². The summed E-state index contributed by atoms with van der Waals surface area (Å²) >= 11 is 0. The van der Waals surface area contributed by atoms with Crippen LogP contribution in [0.4, 0.5) is 17.6 Å². The van der Waals surface area contributed by atoms with Crippen molar-refractivity contribution in [2.45, 2.75) is 0 Å². The second kappa shape index (κ2) is 4.92. The Morgan fingerprint density at radius 3 is 2.60 bits per heavy atom. The number of nitrogen functional groups attached to an aromatic ring is 1. The van der Waals surface area contributed by atoms with Gasteiger partial charge in [-0.05, 0) is 12.1 Å². The molecule has 0 spiro atoms. The average molecular weight is 268 g/mol. The van der Waals surface area contributed by atoms with Crippen LogP contribution in [0.25, 0.3) is 5.95 Å². The normalized spacial score (nSPS) is 10.4. The van der Waals surface area contributed by atoms with Crippen molar-refractivity contribution >= 4 is 17.6 Å². The standard InChI is InChI=1S/C12H12N8/c1-19(9-5-3-2-4-6-9)11-16-10(13)17-12(18-11)20-8-14-7-15-20/h2-8H,1H3,(H2,13,16,17,18). The number of nitrogens with two attached hydrogens (primary N) is 1. The molecule has 8 nitrogen and oxygen atoms in total. The predicted octanol–water partition coefficient (Wildman–Crippen LogP) is 0.802. The molecule has 0 unspecified atom stereocenters. The van der Waals surface area contributed by atoms with E-state index in [9.17, 15) is 0 Å². The van der Waals surface area contributed by atoms with Crippen LogP contribution in [0, 0.1) is 0 Å². The number of hydrogen-bond donors (Lipinski definition) is 1. The Kier molecular flexibility index (Phi) is 2.96. The third-order valence-corrected chi connectivity index (χ3v) is 2.70. The fraction of sp³-hybridized carbons (Fsp3) is 0.0833. The maximum absolute atomic E-state index is 5.73. The lowest BCUT2D eigenvalue weighted by Gasteiger charge is -2.17. The highest BCUT2D eigenvalue weighted by Gasteiger charge is 2.11. The van der Waals surface area contributed by atoms with Crippen LogP contribution < -0.4 is 10.6 Å². The van der Waals surface area contributed by atoms with Crippen molar-refractivity contribution in [3.63, 3.8) is 0 Å². The fourth-order valence-electron chi connectivity index (χ4n) is 1.70. The van der Waals surface area contributed by atoms with E-state index in [-0.39, 0.29) is 5.95 Å². The SMILES string of the molecule is CN(c1ccccc1)c1nc(N)nc(-n2cncn2)n1. The number of rotatable bonds is 3. The van der Waals surface area contributed by atoms with Gasteiger partial charge < -0.3 is 10.6 Å². The Morgan fingerprint density at radius 2 is 1.90 bits per heavy atom. The van der Waals surface area contributed by atoms with Gasteiger partial charge >= 0.3 is 0 Å². The Bertz CT molecular complexity index is 695. The zero-order valence-corrected chi connectivity index (χ0v) is 10.7. The van der Waals surface area contributed by atoms with E-state index in [1.165, 1.54) is 17.3 Å². The molecule has 0 fully saturated rings. The monoisotopic (exact) mass is 268 g/mol. The first kappa shape index (κ1) is 12.0. The van der Waals surface area contributed by atoms with E-state index in [0.29, 0.717) is 11.9 Å². The van der Waals surface area contributed by atoms with Crippen molar-refractivity contribution in [3.8, 4) is 5.95 Å². The van der Waals surface area contributed by atoms with E-state index in [1.54, 1.807) is 0 Å². The number of aromatic nitrogens is 6. The first-order chi connectivity index (χ1) is 9.74. The lowest BCUT2D eigenvalue weighted by molar-refractivity contribution is 0.793. The summed E-state index contributed by atoms with van der Waals surface area (Å²) in [7, 11) is 1.86. The van der Waals surface area contributed by atoms with Crippen molar-refractivity contribution < 1.29 is 0 Å². The van der Waals surface area contributed by atoms with Gasteiger partial charge in [0.1, 0.15) is 12.7 Å². The average Bonchev–Trinajstić information content (AvgIpc) is 3.01. The highest BCUT2D eigenvalue weighted by atomic mass is 15.4. The highest BCUT2D eigenvalue weighted by molar-refractivity contribution is 5.56. The van der Waals surface area contributed by atoms with Crippen LogP contribution in [0.2, 0.25) is 0 Å². The Hall–Kier alpha value is -3.03. The third-order valence-electron chi connectivity index (χ3n) is 2.70. The number of hydrogen-bond acceptors (Lipinski definition) is 7. The predicted molar refractivity (Wildman–Crippen MR) is 73.7 cm³/mol. The molecule has 8 heteroatoms. The van der Waals surface area contributed by atoms with Crippen LogP contribution in [-0.4, -0.2) is 36.8 Å². The van der Waals surface area contributed by atoms with E-state index < -0.39 is 0 Å². The smallest absolute Gasteiger partial charge is 0.258 e. The zero-order valence-electron chi connectivity index (χ0n) is 10.7. The van der Waals surface area contributed by atoms with Crippen LogP contribution in [0.5, 0.6) is 0 Å². The number of anilines is 3. The minimum atomic E-state index is 0.128. The molecule has 100 valence electrons. The van der Waals surface area contributed by atoms with Crippen LogP contribution in [0.1, 0.15) is 0 Å². The van der Waals surface area contributed by atoms with Gasteiger partial charge in [0.05, 0.1) is 0 Å². The van der Waals surface area contributed by atoms with Gasteiger partial charge in [-0.15, -0.1) is 0 Å². The molecule has 0 aliphatic carbocycles. The van der Waals surface area contributed by atoms with Gasteiger partial charge in [-0.1, -0.05) is 18.2 Å². The molecule has 20 heavy (non-hydrogen) atoms. The summed E-state index contributed by atoms with van der Waals surface area (Å²) in [6.07, 6.45) is 2.90. The third kappa shape index (κ3) is 2.26. The van der Waals surface area contributed by atoms with Crippen LogP contribution in [-0.2, 0) is 0 Å². The molecule has 0 saturated carbocycles. The van der Waals surface area contributed by atoms with Gasteiger partial charge in [-0.3, -0.25) is 0 Å². The first-order valence-corrected chi connectivity index (χ1v) is 5.89. The zero-order chi connectivity index (χ0) is 13.9. The first-order valence-electron chi connectivity index (χ1n) is 5.89. The van der Waals surface area contributed by atoms with E-state index in [2.05, 4.69) is 25.0 Å². The molecule has 0 saturated heterocycles. The van der Waals surface area contributed by atoms with E-state index in [1.807, 2.05) is 42.3 Å². The second-order valence-corrected chi connectivity index (χ2v) is 4.03. The highest BCUT2D eigenvalue weighted by Crippen LogP contribution is 2.20. The molecular formula is C12H12N8. The minimum Gasteiger partial charge on any atom is -0.368 e. The largest absolute Gasteiger partial charge is 0.368 e. The Morgan fingerprint density at radius 1 is 1.10 bits per heavy atom. The van der Waals surface area contributed by atoms with Gasteiger partial charge in [0, 0.05) is 12.7 Å². The molecule has 0 aliphatic rings. The molecule has 0 radical (unpaired) electrons. The van der Waals surface area contributed by atoms with Gasteiger partial charge in [0.25, 0.3) is 5.95 Å². The number of benzene rings is 1. The van der Waals surface area contributed by atoms with Gasteiger partial charge in [-0.25, -0.2) is 4.98 Å². The summed E-state index contributed by atoms with van der Waals surface area (Å²) in [5.41, 5.74) is 6.68. The Labute approximate surface area is 114 Å². The summed E-state index contributed by atoms with van der Waals surface area (Å²) in [5, 5.41) is 3.98. The van der Waals surface area contributed by atoms with Crippen LogP contribution in [0.3, 0.4) is 0 Å². The van der Waals surface area contributed by atoms with Crippen LogP contribution in [0.15, 0.2) is 43.0 Å². The summed E-state index contributed by atoms with van der Waals surface area (Å²) in [6, 6.07) is 9.73. The molecule has 2 heterocycles. The number of nitrogens with zero attached hydrogens (tertiary/aromatic N) is 7. The summed E-state index contributed by atoms with van der Waals surface area (Å²) in [4.78, 5) is 18.2. The van der Waals surface area contributed by atoms with Crippen LogP contribution >= 0.6 is 0 Å². The van der Waals surface area contributed by atoms with Crippen molar-refractivity contribution in [2.75, 3.05) is 17.7 Å². The maximum atomic E-state index is 5.73. The van der Waals surface area contributed by atoms with Gasteiger partial charge in [-0.2, -0.15) is 24.7 Å². The Balaban J connectivity index is 2.02. The molecule has 0 atom stereocenters. The fourth-order valence-corrected chi connectivity index (χ4v) is 1.70. The quantitative estimate of drug-likeness (QED) is 0.750. The molecule has 3 aromatic rings. The summed E-state index contributed by atoms with van der Waals surface area (Å²) in [6.45, 7) is 0. The minimum absolute atomic E-state index is 0.128. The van der Waals surface area contributed by atoms with Crippen molar-refractivity contribution in [1.82, 2.24) is 29.7 Å². The molecule has 0 aliphatic heterocycles. The van der Waals surface area contributed by atoms with Crippen molar-refractivity contribution in [3.05, 3.63) is 43.0 Å². The molecule has 1 aromatic carbocycles. The molecule has 0 bridgehead atoms. The van der Waals surface area contributed by atoms with E-state index >= 15 is 0 Å².